The lowest BCUT2D eigenvalue weighted by atomic mass is 10.2. The number of nitrogens with one attached hydrogen (secondary N) is 1. The van der Waals surface area contributed by atoms with Crippen LogP contribution in [0, 0.1) is 6.92 Å². The van der Waals surface area contributed by atoms with Gasteiger partial charge in [0.25, 0.3) is 0 Å². The Hall–Kier alpha value is -1.61. The number of fused-ring (bicyclic) bond motifs is 1. The average molecular weight is 228 g/mol. The van der Waals surface area contributed by atoms with Crippen LogP contribution in [0.1, 0.15) is 35.2 Å². The maximum absolute atomic E-state index is 5.55. The predicted molar refractivity (Wildman–Crippen MR) is 65.6 cm³/mol. The van der Waals surface area contributed by atoms with Crippen molar-refractivity contribution in [2.75, 3.05) is 0 Å². The summed E-state index contributed by atoms with van der Waals surface area (Å²) in [5.41, 5.74) is 2.58. The zero-order valence-electron chi connectivity index (χ0n) is 9.94. The summed E-state index contributed by atoms with van der Waals surface area (Å²) in [4.78, 5) is 4.47. The van der Waals surface area contributed by atoms with Gasteiger partial charge >= 0.3 is 0 Å². The number of furan rings is 1. The van der Waals surface area contributed by atoms with Gasteiger partial charge in [0.15, 0.2) is 0 Å². The summed E-state index contributed by atoms with van der Waals surface area (Å²) < 4.78 is 5.55. The monoisotopic (exact) mass is 228 g/mol. The summed E-state index contributed by atoms with van der Waals surface area (Å²) in [7, 11) is 0. The second-order valence-electron chi connectivity index (χ2n) is 4.53. The lowest BCUT2D eigenvalue weighted by Gasteiger charge is -2.11. The van der Waals surface area contributed by atoms with Crippen LogP contribution < -0.4 is 5.32 Å². The summed E-state index contributed by atoms with van der Waals surface area (Å²) in [6, 6.07) is 8.57. The van der Waals surface area contributed by atoms with Gasteiger partial charge in [0.05, 0.1) is 18.3 Å². The predicted octanol–water partition coefficient (Wildman–Crippen LogP) is 2.76. The minimum absolute atomic E-state index is 0.372. The molecule has 0 saturated carbocycles. The molecule has 0 bridgehead atoms. The van der Waals surface area contributed by atoms with Gasteiger partial charge in [0.1, 0.15) is 11.5 Å². The van der Waals surface area contributed by atoms with E-state index in [0.717, 1.165) is 30.9 Å². The van der Waals surface area contributed by atoms with Crippen molar-refractivity contribution >= 4 is 0 Å². The van der Waals surface area contributed by atoms with Crippen molar-refractivity contribution in [2.45, 2.75) is 32.4 Å². The zero-order chi connectivity index (χ0) is 11.7. The fourth-order valence-electron chi connectivity index (χ4n) is 2.42. The summed E-state index contributed by atoms with van der Waals surface area (Å²) >= 11 is 0. The minimum Gasteiger partial charge on any atom is -0.465 e. The van der Waals surface area contributed by atoms with E-state index in [0.29, 0.717) is 6.04 Å². The van der Waals surface area contributed by atoms with Crippen molar-refractivity contribution in [3.05, 3.63) is 53.2 Å². The molecule has 88 valence electrons. The van der Waals surface area contributed by atoms with Crippen LogP contribution in [-0.2, 0) is 13.0 Å². The third-order valence-corrected chi connectivity index (χ3v) is 3.28. The molecule has 3 rings (SSSR count). The molecule has 0 saturated heterocycles. The van der Waals surface area contributed by atoms with Crippen molar-refractivity contribution in [2.24, 2.45) is 0 Å². The highest BCUT2D eigenvalue weighted by molar-refractivity contribution is 5.27. The average Bonchev–Trinajstić information content (AvgIpc) is 2.93. The number of hydrogen-bond donors (Lipinski definition) is 1. The summed E-state index contributed by atoms with van der Waals surface area (Å²) in [5.74, 6) is 1.96. The Balaban J connectivity index is 1.68. The maximum atomic E-state index is 5.55. The van der Waals surface area contributed by atoms with E-state index in [1.165, 1.54) is 11.3 Å². The fraction of sp³-hybridized carbons (Fsp3) is 0.357. The molecule has 0 spiro atoms. The van der Waals surface area contributed by atoms with Gasteiger partial charge in [-0.25, -0.2) is 0 Å². The Morgan fingerprint density at radius 3 is 3.18 bits per heavy atom. The Bertz CT molecular complexity index is 518. The molecule has 1 aliphatic carbocycles. The van der Waals surface area contributed by atoms with E-state index < -0.39 is 0 Å². The van der Waals surface area contributed by atoms with E-state index in [9.17, 15) is 0 Å². The Kier molecular flexibility index (Phi) is 2.69. The van der Waals surface area contributed by atoms with Crippen LogP contribution in [-0.4, -0.2) is 4.98 Å². The Labute approximate surface area is 101 Å². The molecule has 0 amide bonds. The largest absolute Gasteiger partial charge is 0.465 e. The van der Waals surface area contributed by atoms with Gasteiger partial charge in [0.2, 0.25) is 0 Å². The highest BCUT2D eigenvalue weighted by Crippen LogP contribution is 2.29. The van der Waals surface area contributed by atoms with Gasteiger partial charge in [-0.15, -0.1) is 0 Å². The molecule has 0 radical (unpaired) electrons. The molecule has 3 heteroatoms. The molecule has 1 N–H and O–H groups in total. The third-order valence-electron chi connectivity index (χ3n) is 3.28. The molecular weight excluding hydrogens is 212 g/mol. The molecule has 2 aromatic rings. The number of rotatable bonds is 3. The molecule has 2 heterocycles. The van der Waals surface area contributed by atoms with Crippen LogP contribution in [0.25, 0.3) is 0 Å². The fourth-order valence-corrected chi connectivity index (χ4v) is 2.42. The first-order valence-corrected chi connectivity index (χ1v) is 6.05. The molecule has 1 atom stereocenters. The van der Waals surface area contributed by atoms with Crippen molar-refractivity contribution in [1.29, 1.82) is 0 Å². The maximum Gasteiger partial charge on any atom is 0.117 e. The van der Waals surface area contributed by atoms with Crippen LogP contribution in [0.5, 0.6) is 0 Å². The first-order valence-electron chi connectivity index (χ1n) is 6.05. The van der Waals surface area contributed by atoms with E-state index in [1.54, 1.807) is 0 Å². The van der Waals surface area contributed by atoms with Gasteiger partial charge < -0.3 is 9.73 Å². The van der Waals surface area contributed by atoms with Gasteiger partial charge in [-0.2, -0.15) is 0 Å². The topological polar surface area (TPSA) is 38.1 Å². The smallest absolute Gasteiger partial charge is 0.117 e. The molecule has 1 unspecified atom stereocenters. The van der Waals surface area contributed by atoms with Crippen molar-refractivity contribution in [3.8, 4) is 0 Å². The van der Waals surface area contributed by atoms with Crippen molar-refractivity contribution < 1.29 is 4.42 Å². The Morgan fingerprint density at radius 1 is 1.41 bits per heavy atom. The molecule has 0 aliphatic heterocycles. The third kappa shape index (κ3) is 2.11. The lowest BCUT2D eigenvalue weighted by molar-refractivity contribution is 0.431. The zero-order valence-corrected chi connectivity index (χ0v) is 9.94. The van der Waals surface area contributed by atoms with E-state index in [-0.39, 0.29) is 0 Å². The van der Waals surface area contributed by atoms with Gasteiger partial charge in [0, 0.05) is 6.20 Å². The molecule has 0 aromatic carbocycles. The summed E-state index contributed by atoms with van der Waals surface area (Å²) in [5, 5.41) is 3.51. The van der Waals surface area contributed by atoms with Crippen LogP contribution in [0.2, 0.25) is 0 Å². The first-order chi connectivity index (χ1) is 8.33. The van der Waals surface area contributed by atoms with Gasteiger partial charge in [-0.05, 0) is 43.5 Å². The van der Waals surface area contributed by atoms with Crippen LogP contribution in [0.3, 0.4) is 0 Å². The Morgan fingerprint density at radius 2 is 2.35 bits per heavy atom. The summed E-state index contributed by atoms with van der Waals surface area (Å²) in [6.07, 6.45) is 4.12. The molecule has 1 aliphatic rings. The second-order valence-corrected chi connectivity index (χ2v) is 4.53. The van der Waals surface area contributed by atoms with Gasteiger partial charge in [-0.3, -0.25) is 4.98 Å². The normalized spacial score (nSPS) is 18.3. The molecule has 3 nitrogen and oxygen atoms in total. The highest BCUT2D eigenvalue weighted by Gasteiger charge is 2.22. The number of aryl methyl sites for hydroxylation is 2. The second kappa shape index (κ2) is 4.34. The molecular formula is C14H16N2O. The van der Waals surface area contributed by atoms with Gasteiger partial charge in [-0.1, -0.05) is 6.07 Å². The first kappa shape index (κ1) is 10.5. The summed E-state index contributed by atoms with van der Waals surface area (Å²) in [6.45, 7) is 2.74. The number of nitrogens with zero attached hydrogens (tertiary/aromatic N) is 1. The van der Waals surface area contributed by atoms with E-state index in [2.05, 4.69) is 16.4 Å². The molecule has 17 heavy (non-hydrogen) atoms. The van der Waals surface area contributed by atoms with Crippen molar-refractivity contribution in [3.63, 3.8) is 0 Å². The molecule has 2 aromatic heterocycles. The lowest BCUT2D eigenvalue weighted by Crippen LogP contribution is -2.19. The number of aromatic nitrogens is 1. The standard InChI is InChI=1S/C14H16N2O/c1-10-4-6-12(17-10)9-16-13-7-5-11-3-2-8-15-14(11)13/h2-4,6,8,13,16H,5,7,9H2,1H3. The van der Waals surface area contributed by atoms with Crippen LogP contribution in [0.4, 0.5) is 0 Å². The van der Waals surface area contributed by atoms with E-state index in [1.807, 2.05) is 31.3 Å². The minimum atomic E-state index is 0.372. The van der Waals surface area contributed by atoms with E-state index >= 15 is 0 Å². The molecule has 0 fully saturated rings. The number of pyridine rings is 1. The number of hydrogen-bond acceptors (Lipinski definition) is 3. The van der Waals surface area contributed by atoms with E-state index in [4.69, 9.17) is 4.42 Å². The quantitative estimate of drug-likeness (QED) is 0.877. The SMILES string of the molecule is Cc1ccc(CNC2CCc3cccnc32)o1. The highest BCUT2D eigenvalue weighted by atomic mass is 16.3. The van der Waals surface area contributed by atoms with Crippen molar-refractivity contribution in [1.82, 2.24) is 10.3 Å². The van der Waals surface area contributed by atoms with Crippen LogP contribution in [0.15, 0.2) is 34.9 Å². The van der Waals surface area contributed by atoms with Crippen LogP contribution >= 0.6 is 0 Å².